The first kappa shape index (κ1) is 16.3. The van der Waals surface area contributed by atoms with Crippen molar-refractivity contribution in [2.24, 2.45) is 5.92 Å². The van der Waals surface area contributed by atoms with E-state index < -0.39 is 0 Å². The number of nitrogens with one attached hydrogen (secondary N) is 1. The first-order valence-corrected chi connectivity index (χ1v) is 8.22. The summed E-state index contributed by atoms with van der Waals surface area (Å²) in [5.74, 6) is 1.93. The molecule has 21 heavy (non-hydrogen) atoms. The SMILES string of the molecule is CC(C)NCc1ccccc1OCCN(C)C(C)C1CC1. The van der Waals surface area contributed by atoms with E-state index in [-0.39, 0.29) is 0 Å². The highest BCUT2D eigenvalue weighted by Crippen LogP contribution is 2.34. The monoisotopic (exact) mass is 290 g/mol. The van der Waals surface area contributed by atoms with Crippen molar-refractivity contribution in [3.8, 4) is 5.75 Å². The lowest BCUT2D eigenvalue weighted by atomic mass is 10.2. The molecule has 2 rings (SSSR count). The summed E-state index contributed by atoms with van der Waals surface area (Å²) in [4.78, 5) is 2.42. The Bertz CT molecular complexity index is 429. The minimum atomic E-state index is 0.489. The highest BCUT2D eigenvalue weighted by molar-refractivity contribution is 5.33. The Balaban J connectivity index is 1.79. The molecule has 118 valence electrons. The first-order valence-electron chi connectivity index (χ1n) is 8.22. The molecule has 1 N–H and O–H groups in total. The van der Waals surface area contributed by atoms with Gasteiger partial charge in [-0.1, -0.05) is 32.0 Å². The van der Waals surface area contributed by atoms with Gasteiger partial charge in [0.1, 0.15) is 12.4 Å². The molecule has 1 aromatic carbocycles. The Morgan fingerprint density at radius 2 is 1.95 bits per heavy atom. The maximum Gasteiger partial charge on any atom is 0.123 e. The van der Waals surface area contributed by atoms with Crippen molar-refractivity contribution in [2.75, 3.05) is 20.2 Å². The predicted octanol–water partition coefficient (Wildman–Crippen LogP) is 3.29. The van der Waals surface area contributed by atoms with Crippen molar-refractivity contribution in [3.63, 3.8) is 0 Å². The first-order chi connectivity index (χ1) is 10.1. The standard InChI is InChI=1S/C18H30N2O/c1-14(2)19-13-17-7-5-6-8-18(17)21-12-11-20(4)15(3)16-9-10-16/h5-8,14-16,19H,9-13H2,1-4H3. The van der Waals surface area contributed by atoms with Gasteiger partial charge in [-0.25, -0.2) is 0 Å². The predicted molar refractivity (Wildman–Crippen MR) is 88.7 cm³/mol. The Morgan fingerprint density at radius 1 is 1.24 bits per heavy atom. The second-order valence-electron chi connectivity index (χ2n) is 6.55. The lowest BCUT2D eigenvalue weighted by Gasteiger charge is -2.24. The fourth-order valence-corrected chi connectivity index (χ4v) is 2.55. The maximum atomic E-state index is 6.01. The van der Waals surface area contributed by atoms with E-state index in [4.69, 9.17) is 4.74 Å². The molecule has 1 aliphatic rings. The summed E-state index contributed by atoms with van der Waals surface area (Å²) >= 11 is 0. The summed E-state index contributed by atoms with van der Waals surface area (Å²) in [5, 5.41) is 3.45. The van der Waals surface area contributed by atoms with Gasteiger partial charge in [-0.15, -0.1) is 0 Å². The van der Waals surface area contributed by atoms with Crippen molar-refractivity contribution in [2.45, 2.75) is 52.2 Å². The molecule has 3 nitrogen and oxygen atoms in total. The fraction of sp³-hybridized carbons (Fsp3) is 0.667. The minimum absolute atomic E-state index is 0.489. The molecule has 1 aromatic rings. The van der Waals surface area contributed by atoms with Crippen molar-refractivity contribution in [1.29, 1.82) is 0 Å². The quantitative estimate of drug-likeness (QED) is 0.755. The average molecular weight is 290 g/mol. The fourth-order valence-electron chi connectivity index (χ4n) is 2.55. The zero-order chi connectivity index (χ0) is 15.2. The van der Waals surface area contributed by atoms with Gasteiger partial charge < -0.3 is 15.0 Å². The molecule has 1 saturated carbocycles. The van der Waals surface area contributed by atoms with Gasteiger partial charge in [-0.05, 0) is 38.8 Å². The van der Waals surface area contributed by atoms with Crippen LogP contribution in [0.1, 0.15) is 39.2 Å². The Hall–Kier alpha value is -1.06. The number of likely N-dealkylation sites (N-methyl/N-ethyl adjacent to an activating group) is 1. The Kier molecular flexibility index (Phi) is 6.07. The third-order valence-electron chi connectivity index (χ3n) is 4.37. The molecule has 0 spiro atoms. The van der Waals surface area contributed by atoms with E-state index in [0.29, 0.717) is 12.1 Å². The van der Waals surface area contributed by atoms with Crippen molar-refractivity contribution < 1.29 is 4.74 Å². The highest BCUT2D eigenvalue weighted by atomic mass is 16.5. The van der Waals surface area contributed by atoms with Gasteiger partial charge in [0.05, 0.1) is 0 Å². The van der Waals surface area contributed by atoms with E-state index in [1.165, 1.54) is 18.4 Å². The molecule has 0 aliphatic heterocycles. The van der Waals surface area contributed by atoms with Gasteiger partial charge in [-0.3, -0.25) is 0 Å². The van der Waals surface area contributed by atoms with Gasteiger partial charge in [0.25, 0.3) is 0 Å². The normalized spacial score (nSPS) is 16.5. The van der Waals surface area contributed by atoms with E-state index in [9.17, 15) is 0 Å². The molecule has 1 unspecified atom stereocenters. The summed E-state index contributed by atoms with van der Waals surface area (Å²) in [6.07, 6.45) is 2.80. The maximum absolute atomic E-state index is 6.01. The van der Waals surface area contributed by atoms with Crippen LogP contribution in [0.2, 0.25) is 0 Å². The summed E-state index contributed by atoms with van der Waals surface area (Å²) in [6, 6.07) is 9.51. The summed E-state index contributed by atoms with van der Waals surface area (Å²) in [5.41, 5.74) is 1.24. The summed E-state index contributed by atoms with van der Waals surface area (Å²) < 4.78 is 6.01. The van der Waals surface area contributed by atoms with Gasteiger partial charge in [0.15, 0.2) is 0 Å². The zero-order valence-electron chi connectivity index (χ0n) is 13.9. The van der Waals surface area contributed by atoms with Crippen LogP contribution in [0, 0.1) is 5.92 Å². The molecule has 1 fully saturated rings. The van der Waals surface area contributed by atoms with E-state index in [0.717, 1.165) is 31.4 Å². The van der Waals surface area contributed by atoms with E-state index in [2.05, 4.69) is 56.2 Å². The molecule has 0 amide bonds. The Labute approximate surface area is 129 Å². The van der Waals surface area contributed by atoms with Crippen LogP contribution in [0.5, 0.6) is 5.75 Å². The van der Waals surface area contributed by atoms with Crippen LogP contribution in [0.3, 0.4) is 0 Å². The molecule has 1 aliphatic carbocycles. The molecule has 0 bridgehead atoms. The van der Waals surface area contributed by atoms with Gasteiger partial charge in [0.2, 0.25) is 0 Å². The van der Waals surface area contributed by atoms with E-state index in [1.54, 1.807) is 0 Å². The summed E-state index contributed by atoms with van der Waals surface area (Å²) in [7, 11) is 2.21. The second kappa shape index (κ2) is 7.81. The number of para-hydroxylation sites is 1. The molecular weight excluding hydrogens is 260 g/mol. The largest absolute Gasteiger partial charge is 0.492 e. The van der Waals surface area contributed by atoms with Crippen LogP contribution in [0.25, 0.3) is 0 Å². The van der Waals surface area contributed by atoms with E-state index >= 15 is 0 Å². The molecule has 0 heterocycles. The molecule has 0 saturated heterocycles. The lowest BCUT2D eigenvalue weighted by molar-refractivity contribution is 0.185. The van der Waals surface area contributed by atoms with E-state index in [1.807, 2.05) is 6.07 Å². The summed E-state index contributed by atoms with van der Waals surface area (Å²) in [6.45, 7) is 9.27. The number of benzene rings is 1. The second-order valence-corrected chi connectivity index (χ2v) is 6.55. The number of hydrogen-bond acceptors (Lipinski definition) is 3. The van der Waals surface area contributed by atoms with Crippen LogP contribution in [-0.2, 0) is 6.54 Å². The molecule has 3 heteroatoms. The molecule has 0 aromatic heterocycles. The van der Waals surface area contributed by atoms with Crippen LogP contribution in [0.15, 0.2) is 24.3 Å². The van der Waals surface area contributed by atoms with Crippen LogP contribution >= 0.6 is 0 Å². The zero-order valence-corrected chi connectivity index (χ0v) is 13.9. The molecule has 1 atom stereocenters. The van der Waals surface area contributed by atoms with Crippen molar-refractivity contribution in [1.82, 2.24) is 10.2 Å². The number of ether oxygens (including phenoxy) is 1. The lowest BCUT2D eigenvalue weighted by Crippen LogP contribution is -2.34. The molecule has 0 radical (unpaired) electrons. The highest BCUT2D eigenvalue weighted by Gasteiger charge is 2.30. The third kappa shape index (κ3) is 5.33. The number of hydrogen-bond donors (Lipinski definition) is 1. The van der Waals surface area contributed by atoms with Crippen LogP contribution in [0.4, 0.5) is 0 Å². The smallest absolute Gasteiger partial charge is 0.123 e. The average Bonchev–Trinajstić information content (AvgIpc) is 3.29. The topological polar surface area (TPSA) is 24.5 Å². The minimum Gasteiger partial charge on any atom is -0.492 e. The van der Waals surface area contributed by atoms with Gasteiger partial charge in [-0.2, -0.15) is 0 Å². The Morgan fingerprint density at radius 3 is 2.62 bits per heavy atom. The molecular formula is C18H30N2O. The van der Waals surface area contributed by atoms with Crippen LogP contribution in [-0.4, -0.2) is 37.2 Å². The third-order valence-corrected chi connectivity index (χ3v) is 4.37. The van der Waals surface area contributed by atoms with Gasteiger partial charge >= 0.3 is 0 Å². The van der Waals surface area contributed by atoms with Crippen LogP contribution < -0.4 is 10.1 Å². The van der Waals surface area contributed by atoms with Gasteiger partial charge in [0, 0.05) is 30.7 Å². The number of rotatable bonds is 9. The number of nitrogens with zero attached hydrogens (tertiary/aromatic N) is 1. The van der Waals surface area contributed by atoms with Crippen molar-refractivity contribution in [3.05, 3.63) is 29.8 Å². The van der Waals surface area contributed by atoms with Crippen molar-refractivity contribution >= 4 is 0 Å².